The Morgan fingerprint density at radius 2 is 1.67 bits per heavy atom. The average molecular weight is 372 g/mol. The smallest absolute Gasteiger partial charge is 0.260 e. The highest BCUT2D eigenvalue weighted by atomic mass is 19.1. The number of hydrogen-bond donors (Lipinski definition) is 0. The van der Waals surface area contributed by atoms with Gasteiger partial charge in [0.05, 0.1) is 12.7 Å². The van der Waals surface area contributed by atoms with E-state index in [9.17, 15) is 14.0 Å². The number of methoxy groups -OCH3 is 1. The van der Waals surface area contributed by atoms with Gasteiger partial charge in [0.2, 0.25) is 0 Å². The first-order valence-electron chi connectivity index (χ1n) is 8.67. The third-order valence-corrected chi connectivity index (χ3v) is 4.42. The van der Waals surface area contributed by atoms with Crippen LogP contribution in [0.4, 0.5) is 4.39 Å². The molecule has 6 nitrogen and oxygen atoms in total. The van der Waals surface area contributed by atoms with E-state index >= 15 is 0 Å². The van der Waals surface area contributed by atoms with E-state index in [1.54, 1.807) is 21.9 Å². The maximum absolute atomic E-state index is 13.5. The van der Waals surface area contributed by atoms with Crippen LogP contribution in [0.25, 0.3) is 0 Å². The Balaban J connectivity index is 1.54. The van der Waals surface area contributed by atoms with E-state index in [-0.39, 0.29) is 24.0 Å². The summed E-state index contributed by atoms with van der Waals surface area (Å²) in [6, 6.07) is 13.0. The van der Waals surface area contributed by atoms with Crippen LogP contribution in [0.15, 0.2) is 48.5 Å². The van der Waals surface area contributed by atoms with Crippen LogP contribution < -0.4 is 9.47 Å². The number of carbonyl (C=O) groups is 2. The van der Waals surface area contributed by atoms with Crippen LogP contribution in [0, 0.1) is 5.82 Å². The van der Waals surface area contributed by atoms with E-state index in [0.717, 1.165) is 0 Å². The van der Waals surface area contributed by atoms with Gasteiger partial charge in [-0.3, -0.25) is 9.59 Å². The maximum Gasteiger partial charge on any atom is 0.260 e. The predicted molar refractivity (Wildman–Crippen MR) is 97.4 cm³/mol. The molecule has 0 unspecified atom stereocenters. The molecular weight excluding hydrogens is 351 g/mol. The molecule has 0 bridgehead atoms. The third-order valence-electron chi connectivity index (χ3n) is 4.42. The van der Waals surface area contributed by atoms with Gasteiger partial charge in [-0.1, -0.05) is 18.2 Å². The summed E-state index contributed by atoms with van der Waals surface area (Å²) in [5.74, 6) is 0.0355. The van der Waals surface area contributed by atoms with E-state index in [2.05, 4.69) is 0 Å². The Labute approximate surface area is 157 Å². The SMILES string of the molecule is COc1ccc(F)cc1C(=O)N1CCN(C(=O)COc2ccccc2)CC1. The van der Waals surface area contributed by atoms with Crippen LogP contribution in [-0.4, -0.2) is 61.5 Å². The number of benzene rings is 2. The van der Waals surface area contributed by atoms with Crippen LogP contribution >= 0.6 is 0 Å². The number of para-hydroxylation sites is 1. The number of rotatable bonds is 5. The zero-order chi connectivity index (χ0) is 19.2. The number of piperazine rings is 1. The lowest BCUT2D eigenvalue weighted by Crippen LogP contribution is -2.51. The van der Waals surface area contributed by atoms with E-state index < -0.39 is 5.82 Å². The lowest BCUT2D eigenvalue weighted by atomic mass is 10.1. The quantitative estimate of drug-likeness (QED) is 0.807. The van der Waals surface area contributed by atoms with Crippen LogP contribution in [0.2, 0.25) is 0 Å². The van der Waals surface area contributed by atoms with E-state index in [4.69, 9.17) is 9.47 Å². The van der Waals surface area contributed by atoms with Crippen LogP contribution in [0.5, 0.6) is 11.5 Å². The first kappa shape index (κ1) is 18.7. The Bertz CT molecular complexity index is 805. The van der Waals surface area contributed by atoms with Crippen molar-refractivity contribution in [2.45, 2.75) is 0 Å². The second kappa shape index (κ2) is 8.53. The Kier molecular flexibility index (Phi) is 5.90. The van der Waals surface area contributed by atoms with Gasteiger partial charge in [0.15, 0.2) is 6.61 Å². The molecule has 2 aromatic carbocycles. The number of amides is 2. The van der Waals surface area contributed by atoms with Crippen molar-refractivity contribution in [2.24, 2.45) is 0 Å². The molecule has 1 heterocycles. The molecule has 1 saturated heterocycles. The number of hydrogen-bond acceptors (Lipinski definition) is 4. The fourth-order valence-electron chi connectivity index (χ4n) is 2.93. The van der Waals surface area contributed by atoms with Gasteiger partial charge in [-0.05, 0) is 30.3 Å². The van der Waals surface area contributed by atoms with Crippen molar-refractivity contribution in [1.29, 1.82) is 0 Å². The molecule has 0 aliphatic carbocycles. The highest BCUT2D eigenvalue weighted by molar-refractivity contribution is 5.97. The zero-order valence-corrected chi connectivity index (χ0v) is 15.1. The van der Waals surface area contributed by atoms with Gasteiger partial charge in [0, 0.05) is 26.2 Å². The van der Waals surface area contributed by atoms with Gasteiger partial charge < -0.3 is 19.3 Å². The Hall–Kier alpha value is -3.09. The molecule has 1 aliphatic rings. The highest BCUT2D eigenvalue weighted by Gasteiger charge is 2.26. The Morgan fingerprint density at radius 3 is 2.33 bits per heavy atom. The highest BCUT2D eigenvalue weighted by Crippen LogP contribution is 2.22. The molecule has 0 atom stereocenters. The van der Waals surface area contributed by atoms with Gasteiger partial charge >= 0.3 is 0 Å². The molecule has 3 rings (SSSR count). The van der Waals surface area contributed by atoms with Crippen molar-refractivity contribution < 1.29 is 23.5 Å². The monoisotopic (exact) mass is 372 g/mol. The van der Waals surface area contributed by atoms with Crippen molar-refractivity contribution in [2.75, 3.05) is 39.9 Å². The second-order valence-electron chi connectivity index (χ2n) is 6.12. The summed E-state index contributed by atoms with van der Waals surface area (Å²) in [6.45, 7) is 1.50. The van der Waals surface area contributed by atoms with Gasteiger partial charge in [-0.15, -0.1) is 0 Å². The van der Waals surface area contributed by atoms with Gasteiger partial charge in [0.1, 0.15) is 17.3 Å². The molecule has 2 aromatic rings. The second-order valence-corrected chi connectivity index (χ2v) is 6.12. The molecule has 2 amide bonds. The number of halogens is 1. The standard InChI is InChI=1S/C20H21FN2O4/c1-26-18-8-7-15(21)13-17(18)20(25)23-11-9-22(10-12-23)19(24)14-27-16-5-3-2-4-6-16/h2-8,13H,9-12,14H2,1H3. The van der Waals surface area contributed by atoms with Crippen LogP contribution in [-0.2, 0) is 4.79 Å². The topological polar surface area (TPSA) is 59.1 Å². The van der Waals surface area contributed by atoms with Crippen LogP contribution in [0.1, 0.15) is 10.4 Å². The third kappa shape index (κ3) is 4.55. The molecule has 27 heavy (non-hydrogen) atoms. The summed E-state index contributed by atoms with van der Waals surface area (Å²) in [5, 5.41) is 0. The van der Waals surface area contributed by atoms with Crippen molar-refractivity contribution in [1.82, 2.24) is 9.80 Å². The van der Waals surface area contributed by atoms with Crippen LogP contribution in [0.3, 0.4) is 0 Å². The van der Waals surface area contributed by atoms with E-state index in [1.165, 1.54) is 25.3 Å². The first-order chi connectivity index (χ1) is 13.1. The minimum absolute atomic E-state index is 0.0460. The van der Waals surface area contributed by atoms with Crippen molar-refractivity contribution in [3.63, 3.8) is 0 Å². The van der Waals surface area contributed by atoms with E-state index in [0.29, 0.717) is 37.7 Å². The molecule has 7 heteroatoms. The summed E-state index contributed by atoms with van der Waals surface area (Å²) < 4.78 is 24.1. The summed E-state index contributed by atoms with van der Waals surface area (Å²) in [5.41, 5.74) is 0.185. The van der Waals surface area contributed by atoms with Gasteiger partial charge in [0.25, 0.3) is 11.8 Å². The number of ether oxygens (including phenoxy) is 2. The minimum Gasteiger partial charge on any atom is -0.496 e. The maximum atomic E-state index is 13.5. The Morgan fingerprint density at radius 1 is 1.00 bits per heavy atom. The molecule has 1 fully saturated rings. The summed E-state index contributed by atoms with van der Waals surface area (Å²) in [4.78, 5) is 28.2. The molecule has 0 N–H and O–H groups in total. The molecule has 0 saturated carbocycles. The lowest BCUT2D eigenvalue weighted by Gasteiger charge is -2.35. The fraction of sp³-hybridized carbons (Fsp3) is 0.300. The van der Waals surface area contributed by atoms with Gasteiger partial charge in [-0.2, -0.15) is 0 Å². The minimum atomic E-state index is -0.494. The summed E-state index contributed by atoms with van der Waals surface area (Å²) in [7, 11) is 1.44. The normalized spacial score (nSPS) is 14.0. The average Bonchev–Trinajstić information content (AvgIpc) is 2.72. The number of nitrogens with zero attached hydrogens (tertiary/aromatic N) is 2. The molecule has 1 aliphatic heterocycles. The molecule has 0 radical (unpaired) electrons. The van der Waals surface area contributed by atoms with Crippen molar-refractivity contribution >= 4 is 11.8 Å². The molecule has 142 valence electrons. The number of carbonyl (C=O) groups excluding carboxylic acids is 2. The zero-order valence-electron chi connectivity index (χ0n) is 15.1. The largest absolute Gasteiger partial charge is 0.496 e. The van der Waals surface area contributed by atoms with Crippen molar-refractivity contribution in [3.8, 4) is 11.5 Å². The predicted octanol–water partition coefficient (Wildman–Crippen LogP) is 2.20. The first-order valence-corrected chi connectivity index (χ1v) is 8.67. The molecule has 0 aromatic heterocycles. The molecular formula is C20H21FN2O4. The van der Waals surface area contributed by atoms with E-state index in [1.807, 2.05) is 18.2 Å². The lowest BCUT2D eigenvalue weighted by molar-refractivity contribution is -0.134. The van der Waals surface area contributed by atoms with Crippen molar-refractivity contribution in [3.05, 3.63) is 59.9 Å². The summed E-state index contributed by atoms with van der Waals surface area (Å²) >= 11 is 0. The van der Waals surface area contributed by atoms with Gasteiger partial charge in [-0.25, -0.2) is 4.39 Å². The molecule has 0 spiro atoms. The fourth-order valence-corrected chi connectivity index (χ4v) is 2.93. The summed E-state index contributed by atoms with van der Waals surface area (Å²) in [6.07, 6.45) is 0.